The first kappa shape index (κ1) is 10.3. The van der Waals surface area contributed by atoms with Crippen LogP contribution < -0.4 is 0 Å². The first-order valence-electron chi connectivity index (χ1n) is 4.08. The number of hydrogen-bond acceptors (Lipinski definition) is 2. The maximum atomic E-state index is 4.31. The van der Waals surface area contributed by atoms with Crippen LogP contribution in [0.4, 0.5) is 0 Å². The molecule has 0 atom stereocenters. The Balaban J connectivity index is 2.46. The van der Waals surface area contributed by atoms with Crippen molar-refractivity contribution >= 4 is 34.4 Å². The number of halogens is 1. The predicted molar refractivity (Wildman–Crippen MR) is 62.6 cm³/mol. The van der Waals surface area contributed by atoms with Gasteiger partial charge >= 0.3 is 0 Å². The number of unbranched alkanes of at least 4 members (excludes halogenated alkanes) is 1. The first-order valence-corrected chi connectivity index (χ1v) is 6.14. The van der Waals surface area contributed by atoms with E-state index >= 15 is 0 Å². The largest absolute Gasteiger partial charge is 0.249 e. The van der Waals surface area contributed by atoms with E-state index < -0.39 is 0 Å². The molecule has 0 N–H and O–H groups in total. The zero-order valence-corrected chi connectivity index (χ0v) is 10.1. The summed E-state index contributed by atoms with van der Waals surface area (Å²) in [5, 5.41) is 1.17. The fourth-order valence-corrected chi connectivity index (χ4v) is 2.57. The third-order valence-electron chi connectivity index (χ3n) is 1.46. The van der Waals surface area contributed by atoms with E-state index in [1.807, 2.05) is 24.0 Å². The van der Waals surface area contributed by atoms with E-state index in [-0.39, 0.29) is 0 Å². The predicted octanol–water partition coefficient (Wildman–Crippen LogP) is 3.58. The molecule has 0 spiro atoms. The summed E-state index contributed by atoms with van der Waals surface area (Å²) < 4.78 is 1.26. The SMILES string of the molecule is CCCCSc1ncccc1I. The third-order valence-corrected chi connectivity index (χ3v) is 3.79. The summed E-state index contributed by atoms with van der Waals surface area (Å²) in [5.41, 5.74) is 0. The maximum absolute atomic E-state index is 4.31. The van der Waals surface area contributed by atoms with Gasteiger partial charge in [0, 0.05) is 9.77 Å². The van der Waals surface area contributed by atoms with Crippen LogP contribution in [0.5, 0.6) is 0 Å². The highest BCUT2D eigenvalue weighted by Crippen LogP contribution is 2.21. The zero-order chi connectivity index (χ0) is 8.81. The van der Waals surface area contributed by atoms with Gasteiger partial charge in [0.05, 0.1) is 0 Å². The number of nitrogens with zero attached hydrogens (tertiary/aromatic N) is 1. The van der Waals surface area contributed by atoms with Crippen molar-refractivity contribution < 1.29 is 0 Å². The standard InChI is InChI=1S/C9H12INS/c1-2-3-7-12-9-8(10)5-4-6-11-9/h4-6H,2-3,7H2,1H3. The molecule has 0 radical (unpaired) electrons. The van der Waals surface area contributed by atoms with Crippen molar-refractivity contribution in [3.05, 3.63) is 21.9 Å². The van der Waals surface area contributed by atoms with Crippen LogP contribution >= 0.6 is 34.4 Å². The Bertz CT molecular complexity index is 240. The van der Waals surface area contributed by atoms with Gasteiger partial charge in [0.2, 0.25) is 0 Å². The van der Waals surface area contributed by atoms with Gasteiger partial charge in [-0.25, -0.2) is 4.98 Å². The Morgan fingerprint density at radius 3 is 3.08 bits per heavy atom. The molecule has 0 unspecified atom stereocenters. The van der Waals surface area contributed by atoms with Gasteiger partial charge in [-0.2, -0.15) is 0 Å². The highest BCUT2D eigenvalue weighted by Gasteiger charge is 1.98. The van der Waals surface area contributed by atoms with E-state index in [2.05, 4.69) is 40.6 Å². The monoisotopic (exact) mass is 293 g/mol. The van der Waals surface area contributed by atoms with E-state index in [0.717, 1.165) is 0 Å². The van der Waals surface area contributed by atoms with Crippen LogP contribution in [0.25, 0.3) is 0 Å². The van der Waals surface area contributed by atoms with Crippen LogP contribution in [-0.2, 0) is 0 Å². The average molecular weight is 293 g/mol. The molecule has 1 rings (SSSR count). The molecule has 0 fully saturated rings. The molecule has 0 aliphatic carbocycles. The number of thioether (sulfide) groups is 1. The summed E-state index contributed by atoms with van der Waals surface area (Å²) in [6.45, 7) is 2.21. The third kappa shape index (κ3) is 3.31. The Labute approximate surface area is 91.5 Å². The molecule has 1 heterocycles. The van der Waals surface area contributed by atoms with Crippen LogP contribution in [0.2, 0.25) is 0 Å². The van der Waals surface area contributed by atoms with Gasteiger partial charge in [0.15, 0.2) is 0 Å². The highest BCUT2D eigenvalue weighted by atomic mass is 127. The van der Waals surface area contributed by atoms with Crippen LogP contribution in [0, 0.1) is 3.57 Å². The molecular weight excluding hydrogens is 281 g/mol. The first-order chi connectivity index (χ1) is 5.84. The van der Waals surface area contributed by atoms with Gasteiger partial charge in [-0.1, -0.05) is 13.3 Å². The lowest BCUT2D eigenvalue weighted by Crippen LogP contribution is -1.85. The molecule has 1 nitrogen and oxygen atoms in total. The fraction of sp³-hybridized carbons (Fsp3) is 0.444. The van der Waals surface area contributed by atoms with Gasteiger partial charge < -0.3 is 0 Å². The molecule has 12 heavy (non-hydrogen) atoms. The van der Waals surface area contributed by atoms with Crippen LogP contribution in [0.15, 0.2) is 23.4 Å². The lowest BCUT2D eigenvalue weighted by molar-refractivity contribution is 0.894. The van der Waals surface area contributed by atoms with Crippen molar-refractivity contribution in [3.8, 4) is 0 Å². The maximum Gasteiger partial charge on any atom is 0.109 e. The molecule has 0 saturated carbocycles. The number of aromatic nitrogens is 1. The lowest BCUT2D eigenvalue weighted by atomic mass is 10.4. The fourth-order valence-electron chi connectivity index (χ4n) is 0.791. The minimum absolute atomic E-state index is 1.17. The smallest absolute Gasteiger partial charge is 0.109 e. The quantitative estimate of drug-likeness (QED) is 0.478. The summed E-state index contributed by atoms with van der Waals surface area (Å²) in [6.07, 6.45) is 4.39. The Morgan fingerprint density at radius 2 is 2.42 bits per heavy atom. The lowest BCUT2D eigenvalue weighted by Gasteiger charge is -2.00. The summed E-state index contributed by atoms with van der Waals surface area (Å²) in [6, 6.07) is 4.08. The van der Waals surface area contributed by atoms with E-state index in [4.69, 9.17) is 0 Å². The molecule has 0 bridgehead atoms. The highest BCUT2D eigenvalue weighted by molar-refractivity contribution is 14.1. The van der Waals surface area contributed by atoms with Crippen molar-refractivity contribution in [2.45, 2.75) is 24.8 Å². The van der Waals surface area contributed by atoms with Gasteiger partial charge in [-0.3, -0.25) is 0 Å². The van der Waals surface area contributed by atoms with Gasteiger partial charge in [0.25, 0.3) is 0 Å². The Kier molecular flexibility index (Phi) is 4.99. The molecule has 3 heteroatoms. The van der Waals surface area contributed by atoms with Crippen molar-refractivity contribution in [2.75, 3.05) is 5.75 Å². The van der Waals surface area contributed by atoms with Crippen LogP contribution in [0.3, 0.4) is 0 Å². The van der Waals surface area contributed by atoms with E-state index in [1.54, 1.807) is 0 Å². The summed E-state index contributed by atoms with van der Waals surface area (Å²) in [5.74, 6) is 1.18. The minimum atomic E-state index is 1.17. The number of rotatable bonds is 4. The Morgan fingerprint density at radius 1 is 1.58 bits per heavy atom. The molecule has 0 aromatic carbocycles. The molecular formula is C9H12INS. The molecule has 1 aromatic heterocycles. The molecule has 1 aromatic rings. The van der Waals surface area contributed by atoms with Gasteiger partial charge in [-0.05, 0) is 46.9 Å². The Hall–Kier alpha value is 0.230. The van der Waals surface area contributed by atoms with Crippen molar-refractivity contribution in [1.29, 1.82) is 0 Å². The average Bonchev–Trinajstić information content (AvgIpc) is 2.09. The second-order valence-corrected chi connectivity index (χ2v) is 4.74. The van der Waals surface area contributed by atoms with E-state index in [1.165, 1.54) is 27.2 Å². The second-order valence-electron chi connectivity index (χ2n) is 2.49. The van der Waals surface area contributed by atoms with Gasteiger partial charge in [-0.15, -0.1) is 11.8 Å². The molecule has 0 aliphatic heterocycles. The summed E-state index contributed by atoms with van der Waals surface area (Å²) in [7, 11) is 0. The normalized spacial score (nSPS) is 10.2. The molecule has 66 valence electrons. The van der Waals surface area contributed by atoms with Crippen molar-refractivity contribution in [3.63, 3.8) is 0 Å². The van der Waals surface area contributed by atoms with Crippen LogP contribution in [0.1, 0.15) is 19.8 Å². The van der Waals surface area contributed by atoms with Crippen molar-refractivity contribution in [1.82, 2.24) is 4.98 Å². The summed E-state index contributed by atoms with van der Waals surface area (Å²) >= 11 is 4.18. The van der Waals surface area contributed by atoms with Crippen molar-refractivity contribution in [2.24, 2.45) is 0 Å². The molecule has 0 aliphatic rings. The van der Waals surface area contributed by atoms with E-state index in [0.29, 0.717) is 0 Å². The molecule has 0 amide bonds. The number of pyridine rings is 1. The van der Waals surface area contributed by atoms with Crippen LogP contribution in [-0.4, -0.2) is 10.7 Å². The molecule has 0 saturated heterocycles. The zero-order valence-electron chi connectivity index (χ0n) is 7.09. The van der Waals surface area contributed by atoms with E-state index in [9.17, 15) is 0 Å². The second kappa shape index (κ2) is 5.80. The minimum Gasteiger partial charge on any atom is -0.249 e. The number of hydrogen-bond donors (Lipinski definition) is 0. The van der Waals surface area contributed by atoms with Gasteiger partial charge in [0.1, 0.15) is 5.03 Å². The topological polar surface area (TPSA) is 12.9 Å². The summed E-state index contributed by atoms with van der Waals surface area (Å²) in [4.78, 5) is 4.31.